The molecule has 5 nitrogen and oxygen atoms in total. The fourth-order valence-electron chi connectivity index (χ4n) is 2.11. The molecule has 0 radical (unpaired) electrons. The van der Waals surface area contributed by atoms with Gasteiger partial charge in [-0.05, 0) is 38.4 Å². The number of rotatable bonds is 3. The van der Waals surface area contributed by atoms with Gasteiger partial charge in [0.05, 0.1) is 9.75 Å². The minimum atomic E-state index is -0.491. The van der Waals surface area contributed by atoms with Crippen LogP contribution < -0.4 is 16.4 Å². The number of hydrogen-bond acceptors (Lipinski definition) is 4. The molecule has 18 heavy (non-hydrogen) atoms. The summed E-state index contributed by atoms with van der Waals surface area (Å²) < 4.78 is 0. The summed E-state index contributed by atoms with van der Waals surface area (Å²) in [6.45, 7) is 3.03. The lowest BCUT2D eigenvalue weighted by Crippen LogP contribution is -2.46. The van der Waals surface area contributed by atoms with Crippen LogP contribution in [0.15, 0.2) is 12.1 Å². The number of amides is 2. The summed E-state index contributed by atoms with van der Waals surface area (Å²) in [6.07, 6.45) is 1.87. The van der Waals surface area contributed by atoms with Crippen molar-refractivity contribution in [3.05, 3.63) is 21.9 Å². The van der Waals surface area contributed by atoms with E-state index in [1.165, 1.54) is 0 Å². The minimum absolute atomic E-state index is 0.119. The van der Waals surface area contributed by atoms with Crippen LogP contribution in [0.4, 0.5) is 0 Å². The first-order chi connectivity index (χ1) is 8.56. The third-order valence-corrected chi connectivity index (χ3v) is 4.13. The summed E-state index contributed by atoms with van der Waals surface area (Å²) in [5.41, 5.74) is 5.16. The second-order valence-electron chi connectivity index (χ2n) is 4.58. The van der Waals surface area contributed by atoms with Gasteiger partial charge in [0.2, 0.25) is 0 Å². The van der Waals surface area contributed by atoms with Gasteiger partial charge in [0.25, 0.3) is 11.8 Å². The molecule has 1 aromatic rings. The van der Waals surface area contributed by atoms with E-state index in [0.717, 1.165) is 30.7 Å². The van der Waals surface area contributed by atoms with Crippen molar-refractivity contribution in [2.75, 3.05) is 6.54 Å². The predicted octanol–water partition coefficient (Wildman–Crippen LogP) is 0.717. The van der Waals surface area contributed by atoms with Crippen molar-refractivity contribution in [2.24, 2.45) is 5.73 Å². The molecule has 0 bridgehead atoms. The Morgan fingerprint density at radius 3 is 2.78 bits per heavy atom. The van der Waals surface area contributed by atoms with Gasteiger partial charge in [-0.3, -0.25) is 9.59 Å². The maximum atomic E-state index is 12.0. The highest BCUT2D eigenvalue weighted by Gasteiger charge is 2.21. The Kier molecular flexibility index (Phi) is 3.98. The van der Waals surface area contributed by atoms with E-state index in [1.807, 2.05) is 0 Å². The van der Waals surface area contributed by atoms with Crippen LogP contribution in [0.5, 0.6) is 0 Å². The third kappa shape index (κ3) is 3.08. The third-order valence-electron chi connectivity index (χ3n) is 3.03. The Bertz CT molecular complexity index is 458. The molecule has 2 heterocycles. The molecule has 6 heteroatoms. The summed E-state index contributed by atoms with van der Waals surface area (Å²) in [6, 6.07) is 3.86. The Hall–Kier alpha value is -1.40. The van der Waals surface area contributed by atoms with E-state index < -0.39 is 5.91 Å². The van der Waals surface area contributed by atoms with E-state index in [2.05, 4.69) is 17.6 Å². The van der Waals surface area contributed by atoms with Gasteiger partial charge in [-0.2, -0.15) is 0 Å². The summed E-state index contributed by atoms with van der Waals surface area (Å²) in [5.74, 6) is -0.610. The number of hydrogen-bond donors (Lipinski definition) is 3. The first-order valence-corrected chi connectivity index (χ1v) is 6.82. The zero-order valence-electron chi connectivity index (χ0n) is 10.2. The van der Waals surface area contributed by atoms with Gasteiger partial charge in [-0.15, -0.1) is 11.3 Å². The lowest BCUT2D eigenvalue weighted by Gasteiger charge is -2.28. The van der Waals surface area contributed by atoms with Crippen LogP contribution in [0.25, 0.3) is 0 Å². The first kappa shape index (κ1) is 13.0. The standard InChI is InChI=1S/C12H17N3O2S/c1-7-6-8(4-5-14-7)15-12(17)10-3-2-9(18-10)11(13)16/h2-3,7-8,14H,4-6H2,1H3,(H2,13,16)(H,15,17). The number of primary amides is 1. The molecule has 0 aromatic carbocycles. The number of nitrogens with two attached hydrogens (primary N) is 1. The lowest BCUT2D eigenvalue weighted by atomic mass is 10.0. The number of carbonyl (C=O) groups excluding carboxylic acids is 2. The molecule has 2 amide bonds. The molecule has 98 valence electrons. The Morgan fingerprint density at radius 2 is 2.17 bits per heavy atom. The van der Waals surface area contributed by atoms with Crippen LogP contribution in [0.1, 0.15) is 39.1 Å². The lowest BCUT2D eigenvalue weighted by molar-refractivity contribution is 0.0929. The highest BCUT2D eigenvalue weighted by atomic mass is 32.1. The highest BCUT2D eigenvalue weighted by Crippen LogP contribution is 2.17. The zero-order chi connectivity index (χ0) is 13.1. The maximum Gasteiger partial charge on any atom is 0.261 e. The van der Waals surface area contributed by atoms with Crippen LogP contribution in [0.3, 0.4) is 0 Å². The molecule has 1 aliphatic heterocycles. The normalized spacial score (nSPS) is 23.6. The topological polar surface area (TPSA) is 84.2 Å². The van der Waals surface area contributed by atoms with Gasteiger partial charge < -0.3 is 16.4 Å². The maximum absolute atomic E-state index is 12.0. The van der Waals surface area contributed by atoms with Crippen LogP contribution in [0, 0.1) is 0 Å². The molecule has 2 atom stereocenters. The fraction of sp³-hybridized carbons (Fsp3) is 0.500. The van der Waals surface area contributed by atoms with Crippen molar-refractivity contribution in [2.45, 2.75) is 31.8 Å². The second-order valence-corrected chi connectivity index (χ2v) is 5.66. The van der Waals surface area contributed by atoms with E-state index in [4.69, 9.17) is 5.73 Å². The molecular formula is C12H17N3O2S. The monoisotopic (exact) mass is 267 g/mol. The average molecular weight is 267 g/mol. The van der Waals surface area contributed by atoms with E-state index in [-0.39, 0.29) is 11.9 Å². The SMILES string of the molecule is CC1CC(NC(=O)c2ccc(C(N)=O)s2)CCN1. The largest absolute Gasteiger partial charge is 0.365 e. The van der Waals surface area contributed by atoms with Crippen molar-refractivity contribution >= 4 is 23.2 Å². The van der Waals surface area contributed by atoms with Gasteiger partial charge >= 0.3 is 0 Å². The van der Waals surface area contributed by atoms with Crippen molar-refractivity contribution < 1.29 is 9.59 Å². The molecule has 0 aliphatic carbocycles. The molecule has 0 saturated carbocycles. The van der Waals surface area contributed by atoms with Gasteiger partial charge in [-0.25, -0.2) is 0 Å². The summed E-state index contributed by atoms with van der Waals surface area (Å²) in [7, 11) is 0. The van der Waals surface area contributed by atoms with Crippen molar-refractivity contribution in [1.29, 1.82) is 0 Å². The number of thiophene rings is 1. The Morgan fingerprint density at radius 1 is 1.44 bits per heavy atom. The van der Waals surface area contributed by atoms with E-state index in [9.17, 15) is 9.59 Å². The van der Waals surface area contributed by atoms with E-state index in [0.29, 0.717) is 15.8 Å². The number of piperidine rings is 1. The zero-order valence-corrected chi connectivity index (χ0v) is 11.0. The second kappa shape index (κ2) is 5.49. The average Bonchev–Trinajstić information content (AvgIpc) is 2.78. The highest BCUT2D eigenvalue weighted by molar-refractivity contribution is 7.15. The summed E-state index contributed by atoms with van der Waals surface area (Å²) >= 11 is 1.14. The molecular weight excluding hydrogens is 250 g/mol. The van der Waals surface area contributed by atoms with Gasteiger partial charge in [-0.1, -0.05) is 0 Å². The van der Waals surface area contributed by atoms with Gasteiger partial charge in [0, 0.05) is 12.1 Å². The van der Waals surface area contributed by atoms with Crippen molar-refractivity contribution in [1.82, 2.24) is 10.6 Å². The van der Waals surface area contributed by atoms with Crippen LogP contribution in [-0.4, -0.2) is 30.4 Å². The van der Waals surface area contributed by atoms with E-state index >= 15 is 0 Å². The first-order valence-electron chi connectivity index (χ1n) is 6.00. The molecule has 2 unspecified atom stereocenters. The summed E-state index contributed by atoms with van der Waals surface area (Å²) in [4.78, 5) is 23.9. The number of carbonyl (C=O) groups is 2. The molecule has 0 spiro atoms. The quantitative estimate of drug-likeness (QED) is 0.754. The van der Waals surface area contributed by atoms with Crippen LogP contribution in [0.2, 0.25) is 0 Å². The Labute approximate surface area is 110 Å². The molecule has 1 saturated heterocycles. The van der Waals surface area contributed by atoms with Gasteiger partial charge in [0.1, 0.15) is 0 Å². The van der Waals surface area contributed by atoms with Gasteiger partial charge in [0.15, 0.2) is 0 Å². The molecule has 4 N–H and O–H groups in total. The number of nitrogens with one attached hydrogen (secondary N) is 2. The molecule has 1 aliphatic rings. The summed E-state index contributed by atoms with van der Waals surface area (Å²) in [5, 5.41) is 6.33. The Balaban J connectivity index is 1.96. The van der Waals surface area contributed by atoms with Crippen LogP contribution in [-0.2, 0) is 0 Å². The van der Waals surface area contributed by atoms with Crippen molar-refractivity contribution in [3.8, 4) is 0 Å². The van der Waals surface area contributed by atoms with Crippen molar-refractivity contribution in [3.63, 3.8) is 0 Å². The minimum Gasteiger partial charge on any atom is -0.365 e. The molecule has 2 rings (SSSR count). The molecule has 1 fully saturated rings. The molecule has 1 aromatic heterocycles. The fourth-order valence-corrected chi connectivity index (χ4v) is 2.87. The predicted molar refractivity (Wildman–Crippen MR) is 70.8 cm³/mol. The van der Waals surface area contributed by atoms with E-state index in [1.54, 1.807) is 12.1 Å². The van der Waals surface area contributed by atoms with Crippen LogP contribution >= 0.6 is 11.3 Å². The smallest absolute Gasteiger partial charge is 0.261 e.